The van der Waals surface area contributed by atoms with Gasteiger partial charge < -0.3 is 9.84 Å². The first-order valence-corrected chi connectivity index (χ1v) is 7.71. The average Bonchev–Trinajstić information content (AvgIpc) is 2.47. The van der Waals surface area contributed by atoms with Gasteiger partial charge in [-0.15, -0.1) is 0 Å². The van der Waals surface area contributed by atoms with Crippen LogP contribution in [0.3, 0.4) is 0 Å². The molecule has 0 radical (unpaired) electrons. The molecule has 6 heteroatoms. The lowest BCUT2D eigenvalue weighted by Gasteiger charge is -2.15. The third kappa shape index (κ3) is 2.86. The van der Waals surface area contributed by atoms with Gasteiger partial charge in [0.15, 0.2) is 11.5 Å². The highest BCUT2D eigenvalue weighted by Gasteiger charge is 2.21. The lowest BCUT2D eigenvalue weighted by molar-refractivity contribution is 0.373. The summed E-state index contributed by atoms with van der Waals surface area (Å²) in [6, 6.07) is 11.5. The minimum atomic E-state index is -3.56. The molecule has 0 amide bonds. The van der Waals surface area contributed by atoms with Gasteiger partial charge in [-0.05, 0) is 23.8 Å². The van der Waals surface area contributed by atoms with E-state index in [1.807, 2.05) is 0 Å². The predicted molar refractivity (Wildman–Crippen MR) is 81.0 cm³/mol. The van der Waals surface area contributed by atoms with Crippen LogP contribution in [0.2, 0.25) is 0 Å². The molecule has 21 heavy (non-hydrogen) atoms. The van der Waals surface area contributed by atoms with Crippen LogP contribution < -0.4 is 4.74 Å². The molecule has 0 spiro atoms. The molecule has 2 aromatic carbocycles. The number of hydrogen-bond donors (Lipinski definition) is 1. The zero-order chi connectivity index (χ0) is 15.6. The van der Waals surface area contributed by atoms with E-state index in [9.17, 15) is 13.5 Å². The van der Waals surface area contributed by atoms with Gasteiger partial charge in [-0.1, -0.05) is 24.3 Å². The molecule has 0 saturated carbocycles. The van der Waals surface area contributed by atoms with Crippen molar-refractivity contribution in [1.29, 1.82) is 0 Å². The number of hydrogen-bond acceptors (Lipinski definition) is 4. The lowest BCUT2D eigenvalue weighted by atomic mass is 10.1. The summed E-state index contributed by atoms with van der Waals surface area (Å²) in [6.45, 7) is 0. The van der Waals surface area contributed by atoms with Crippen molar-refractivity contribution >= 4 is 10.0 Å². The summed E-state index contributed by atoms with van der Waals surface area (Å²) in [6.07, 6.45) is 0. The molecule has 2 rings (SSSR count). The van der Waals surface area contributed by atoms with E-state index in [-0.39, 0.29) is 10.6 Å². The summed E-state index contributed by atoms with van der Waals surface area (Å²) in [7, 11) is 0.861. The van der Waals surface area contributed by atoms with E-state index in [1.165, 1.54) is 27.3 Å². The fourth-order valence-electron chi connectivity index (χ4n) is 1.98. The molecule has 0 unspecified atom stereocenters. The van der Waals surface area contributed by atoms with Crippen molar-refractivity contribution in [3.05, 3.63) is 42.5 Å². The predicted octanol–water partition coefficient (Wildman–Crippen LogP) is 2.32. The van der Waals surface area contributed by atoms with Crippen LogP contribution >= 0.6 is 0 Å². The molecule has 0 aliphatic carbocycles. The van der Waals surface area contributed by atoms with Crippen molar-refractivity contribution < 1.29 is 18.3 Å². The van der Waals surface area contributed by atoms with E-state index in [2.05, 4.69) is 0 Å². The van der Waals surface area contributed by atoms with Crippen molar-refractivity contribution in [2.45, 2.75) is 4.90 Å². The molecule has 5 nitrogen and oxygen atoms in total. The molecule has 0 saturated heterocycles. The fraction of sp³-hybridized carbons (Fsp3) is 0.200. The van der Waals surface area contributed by atoms with Crippen LogP contribution in [0, 0.1) is 0 Å². The third-order valence-electron chi connectivity index (χ3n) is 3.14. The van der Waals surface area contributed by atoms with Crippen LogP contribution in [0.5, 0.6) is 11.5 Å². The molecule has 0 heterocycles. The van der Waals surface area contributed by atoms with E-state index in [1.54, 1.807) is 36.4 Å². The van der Waals surface area contributed by atoms with E-state index in [4.69, 9.17) is 4.74 Å². The number of sulfonamides is 1. The maximum Gasteiger partial charge on any atom is 0.243 e. The smallest absolute Gasteiger partial charge is 0.243 e. The molecule has 2 aromatic rings. The minimum absolute atomic E-state index is 0.0351. The monoisotopic (exact) mass is 307 g/mol. The maximum absolute atomic E-state index is 12.4. The van der Waals surface area contributed by atoms with Crippen LogP contribution in [-0.2, 0) is 10.0 Å². The summed E-state index contributed by atoms with van der Waals surface area (Å²) in [5.41, 5.74) is 1.14. The van der Waals surface area contributed by atoms with Crippen LogP contribution in [0.15, 0.2) is 47.4 Å². The highest BCUT2D eigenvalue weighted by atomic mass is 32.2. The second kappa shape index (κ2) is 5.75. The minimum Gasteiger partial charge on any atom is -0.504 e. The van der Waals surface area contributed by atoms with E-state index in [0.29, 0.717) is 16.9 Å². The Kier molecular flexibility index (Phi) is 4.20. The molecule has 0 aromatic heterocycles. The van der Waals surface area contributed by atoms with Gasteiger partial charge in [0.2, 0.25) is 10.0 Å². The molecule has 0 atom stereocenters. The number of benzene rings is 2. The van der Waals surface area contributed by atoms with Crippen molar-refractivity contribution in [3.63, 3.8) is 0 Å². The quantitative estimate of drug-likeness (QED) is 0.941. The summed E-state index contributed by atoms with van der Waals surface area (Å²) in [5.74, 6) is 0.304. The second-order valence-corrected chi connectivity index (χ2v) is 6.79. The Morgan fingerprint density at radius 3 is 2.33 bits per heavy atom. The summed E-state index contributed by atoms with van der Waals surface area (Å²) in [5, 5.41) is 9.87. The van der Waals surface area contributed by atoms with Crippen LogP contribution in [-0.4, -0.2) is 39.0 Å². The van der Waals surface area contributed by atoms with Gasteiger partial charge in [-0.3, -0.25) is 0 Å². The van der Waals surface area contributed by atoms with Gasteiger partial charge in [0.1, 0.15) is 0 Å². The molecular weight excluding hydrogens is 290 g/mol. The SMILES string of the molecule is COc1ccc(-c2ccccc2S(=O)(=O)N(C)C)cc1O. The van der Waals surface area contributed by atoms with E-state index >= 15 is 0 Å². The maximum atomic E-state index is 12.4. The number of nitrogens with zero attached hydrogens (tertiary/aromatic N) is 1. The van der Waals surface area contributed by atoms with Crippen molar-refractivity contribution in [2.24, 2.45) is 0 Å². The zero-order valence-electron chi connectivity index (χ0n) is 12.1. The molecular formula is C15H17NO4S. The Morgan fingerprint density at radius 2 is 1.76 bits per heavy atom. The van der Waals surface area contributed by atoms with Crippen LogP contribution in [0.1, 0.15) is 0 Å². The lowest BCUT2D eigenvalue weighted by Crippen LogP contribution is -2.22. The second-order valence-electron chi connectivity index (χ2n) is 4.67. The number of phenolic OH excluding ortho intramolecular Hbond substituents is 1. The molecule has 1 N–H and O–H groups in total. The Hall–Kier alpha value is -2.05. The van der Waals surface area contributed by atoms with Crippen LogP contribution in [0.4, 0.5) is 0 Å². The van der Waals surface area contributed by atoms with Crippen molar-refractivity contribution in [1.82, 2.24) is 4.31 Å². The number of rotatable bonds is 4. The highest BCUT2D eigenvalue weighted by molar-refractivity contribution is 7.89. The number of ether oxygens (including phenoxy) is 1. The Bertz CT molecular complexity index is 754. The Balaban J connectivity index is 2.64. The highest BCUT2D eigenvalue weighted by Crippen LogP contribution is 2.34. The molecule has 0 bridgehead atoms. The van der Waals surface area contributed by atoms with E-state index in [0.717, 1.165) is 4.31 Å². The van der Waals surface area contributed by atoms with Crippen molar-refractivity contribution in [2.75, 3.05) is 21.2 Å². The normalized spacial score (nSPS) is 11.6. The van der Waals surface area contributed by atoms with Gasteiger partial charge in [0.05, 0.1) is 12.0 Å². The van der Waals surface area contributed by atoms with Gasteiger partial charge in [-0.25, -0.2) is 12.7 Å². The number of aromatic hydroxyl groups is 1. The molecule has 0 fully saturated rings. The third-order valence-corrected chi connectivity index (χ3v) is 5.01. The molecule has 112 valence electrons. The van der Waals surface area contributed by atoms with Crippen LogP contribution in [0.25, 0.3) is 11.1 Å². The summed E-state index contributed by atoms with van der Waals surface area (Å²) >= 11 is 0. The first kappa shape index (κ1) is 15.3. The summed E-state index contributed by atoms with van der Waals surface area (Å²) in [4.78, 5) is 0.194. The standard InChI is InChI=1S/C15H17NO4S/c1-16(2)21(18,19)15-7-5-4-6-12(15)11-8-9-14(20-3)13(17)10-11/h4-10,17H,1-3H3. The molecule has 0 aliphatic rings. The average molecular weight is 307 g/mol. The topological polar surface area (TPSA) is 66.8 Å². The largest absolute Gasteiger partial charge is 0.504 e. The van der Waals surface area contributed by atoms with E-state index < -0.39 is 10.0 Å². The fourth-order valence-corrected chi connectivity index (χ4v) is 3.09. The molecule has 0 aliphatic heterocycles. The van der Waals surface area contributed by atoms with Gasteiger partial charge >= 0.3 is 0 Å². The first-order chi connectivity index (χ1) is 9.87. The Morgan fingerprint density at radius 1 is 1.10 bits per heavy atom. The van der Waals surface area contributed by atoms with Crippen molar-refractivity contribution in [3.8, 4) is 22.6 Å². The zero-order valence-corrected chi connectivity index (χ0v) is 12.9. The van der Waals surface area contributed by atoms with Gasteiger partial charge in [0, 0.05) is 19.7 Å². The van der Waals surface area contributed by atoms with Gasteiger partial charge in [-0.2, -0.15) is 0 Å². The summed E-state index contributed by atoms with van der Waals surface area (Å²) < 4.78 is 30.9. The first-order valence-electron chi connectivity index (χ1n) is 6.27. The van der Waals surface area contributed by atoms with Gasteiger partial charge in [0.25, 0.3) is 0 Å². The Labute approximate surface area is 124 Å². The number of methoxy groups -OCH3 is 1. The number of phenols is 1.